The predicted molar refractivity (Wildman–Crippen MR) is 93.9 cm³/mol. The Bertz CT molecular complexity index is 814. The maximum atomic E-state index is 5.74. The van der Waals surface area contributed by atoms with Gasteiger partial charge in [0.15, 0.2) is 6.61 Å². The lowest BCUT2D eigenvalue weighted by atomic mass is 9.87. The molecule has 2 aromatic carbocycles. The van der Waals surface area contributed by atoms with E-state index in [2.05, 4.69) is 43.1 Å². The van der Waals surface area contributed by atoms with Crippen LogP contribution in [0.25, 0.3) is 11.5 Å². The average Bonchev–Trinajstić information content (AvgIpc) is 3.02. The fraction of sp³-hybridized carbons (Fsp3) is 0.300. The first-order valence-electron chi connectivity index (χ1n) is 8.05. The molecule has 0 amide bonds. The van der Waals surface area contributed by atoms with Crippen molar-refractivity contribution in [2.24, 2.45) is 0 Å². The number of benzene rings is 2. The first-order chi connectivity index (χ1) is 11.4. The summed E-state index contributed by atoms with van der Waals surface area (Å²) in [5.74, 6) is 1.78. The lowest BCUT2D eigenvalue weighted by Gasteiger charge is -2.19. The normalized spacial score (nSPS) is 11.5. The van der Waals surface area contributed by atoms with E-state index < -0.39 is 0 Å². The second kappa shape index (κ2) is 6.48. The summed E-state index contributed by atoms with van der Waals surface area (Å²) >= 11 is 0. The van der Waals surface area contributed by atoms with Crippen LogP contribution in [0.1, 0.15) is 37.8 Å². The monoisotopic (exact) mass is 322 g/mol. The number of ether oxygens (including phenoxy) is 1. The van der Waals surface area contributed by atoms with Crippen LogP contribution in [0, 0.1) is 6.92 Å². The molecule has 0 aliphatic rings. The summed E-state index contributed by atoms with van der Waals surface area (Å²) in [6.07, 6.45) is 0. The van der Waals surface area contributed by atoms with E-state index in [0.717, 1.165) is 16.9 Å². The first kappa shape index (κ1) is 16.2. The molecular formula is C20H22N2O2. The van der Waals surface area contributed by atoms with E-state index in [1.807, 2.05) is 43.3 Å². The Hall–Kier alpha value is -2.62. The molecule has 0 spiro atoms. The lowest BCUT2D eigenvalue weighted by Crippen LogP contribution is -2.10. The van der Waals surface area contributed by atoms with Crippen LogP contribution in [0.4, 0.5) is 0 Å². The minimum absolute atomic E-state index is 0.132. The van der Waals surface area contributed by atoms with Gasteiger partial charge in [-0.2, -0.15) is 0 Å². The summed E-state index contributed by atoms with van der Waals surface area (Å²) in [6, 6.07) is 16.0. The molecule has 0 bridgehead atoms. The topological polar surface area (TPSA) is 48.2 Å². The molecule has 0 N–H and O–H groups in total. The summed E-state index contributed by atoms with van der Waals surface area (Å²) in [4.78, 5) is 0. The highest BCUT2D eigenvalue weighted by atomic mass is 16.5. The highest BCUT2D eigenvalue weighted by molar-refractivity contribution is 5.57. The average molecular weight is 322 g/mol. The molecule has 0 unspecified atom stereocenters. The molecule has 0 saturated heterocycles. The largest absolute Gasteiger partial charge is 0.484 e. The van der Waals surface area contributed by atoms with Gasteiger partial charge in [0.05, 0.1) is 0 Å². The number of hydrogen-bond donors (Lipinski definition) is 0. The number of rotatable bonds is 4. The van der Waals surface area contributed by atoms with Crippen molar-refractivity contribution in [1.82, 2.24) is 10.2 Å². The molecule has 24 heavy (non-hydrogen) atoms. The summed E-state index contributed by atoms with van der Waals surface area (Å²) in [6.45, 7) is 8.84. The Labute approximate surface area is 142 Å². The van der Waals surface area contributed by atoms with Crippen molar-refractivity contribution in [3.63, 3.8) is 0 Å². The predicted octanol–water partition coefficient (Wildman–Crippen LogP) is 4.92. The minimum atomic E-state index is 0.132. The fourth-order valence-corrected chi connectivity index (χ4v) is 2.43. The number of hydrogen-bond acceptors (Lipinski definition) is 4. The van der Waals surface area contributed by atoms with Crippen molar-refractivity contribution in [2.75, 3.05) is 0 Å². The summed E-state index contributed by atoms with van der Waals surface area (Å²) < 4.78 is 11.4. The van der Waals surface area contributed by atoms with Crippen LogP contribution in [0.5, 0.6) is 5.75 Å². The van der Waals surface area contributed by atoms with Gasteiger partial charge < -0.3 is 9.15 Å². The lowest BCUT2D eigenvalue weighted by molar-refractivity contribution is 0.264. The molecule has 124 valence electrons. The second-order valence-electron chi connectivity index (χ2n) is 6.88. The van der Waals surface area contributed by atoms with Crippen LogP contribution >= 0.6 is 0 Å². The van der Waals surface area contributed by atoms with Crippen LogP contribution in [0.2, 0.25) is 0 Å². The highest BCUT2D eigenvalue weighted by Crippen LogP contribution is 2.25. The fourth-order valence-electron chi connectivity index (χ4n) is 2.43. The molecule has 0 fully saturated rings. The van der Waals surface area contributed by atoms with E-state index in [1.165, 1.54) is 5.56 Å². The Kier molecular flexibility index (Phi) is 4.38. The van der Waals surface area contributed by atoms with Gasteiger partial charge >= 0.3 is 0 Å². The number of aromatic nitrogens is 2. The van der Waals surface area contributed by atoms with Gasteiger partial charge in [-0.25, -0.2) is 0 Å². The molecule has 0 aliphatic heterocycles. The molecule has 3 aromatic rings. The summed E-state index contributed by atoms with van der Waals surface area (Å²) in [7, 11) is 0. The Morgan fingerprint density at radius 3 is 2.33 bits per heavy atom. The Balaban J connectivity index is 1.67. The maximum Gasteiger partial charge on any atom is 0.254 e. The van der Waals surface area contributed by atoms with Crippen molar-refractivity contribution in [2.45, 2.75) is 39.7 Å². The van der Waals surface area contributed by atoms with Crippen LogP contribution < -0.4 is 4.74 Å². The molecule has 0 aliphatic carbocycles. The third-order valence-electron chi connectivity index (χ3n) is 3.92. The van der Waals surface area contributed by atoms with Gasteiger partial charge in [-0.3, -0.25) is 0 Å². The van der Waals surface area contributed by atoms with Crippen molar-refractivity contribution < 1.29 is 9.15 Å². The van der Waals surface area contributed by atoms with Gasteiger partial charge in [0.1, 0.15) is 5.75 Å². The SMILES string of the molecule is Cc1ccccc1-c1nnc(COc2ccc(C(C)(C)C)cc2)o1. The molecule has 0 atom stereocenters. The first-order valence-corrected chi connectivity index (χ1v) is 8.05. The standard InChI is InChI=1S/C20H22N2O2/c1-14-7-5-6-8-17(14)19-22-21-18(24-19)13-23-16-11-9-15(10-12-16)20(2,3)4/h5-12H,13H2,1-4H3. The maximum absolute atomic E-state index is 5.74. The molecular weight excluding hydrogens is 300 g/mol. The molecule has 0 radical (unpaired) electrons. The quantitative estimate of drug-likeness (QED) is 0.684. The third-order valence-corrected chi connectivity index (χ3v) is 3.92. The van der Waals surface area contributed by atoms with Gasteiger partial charge in [-0.1, -0.05) is 51.1 Å². The molecule has 3 rings (SSSR count). The van der Waals surface area contributed by atoms with E-state index in [9.17, 15) is 0 Å². The van der Waals surface area contributed by atoms with Gasteiger partial charge in [0.2, 0.25) is 5.89 Å². The molecule has 0 saturated carbocycles. The summed E-state index contributed by atoms with van der Waals surface area (Å²) in [5.41, 5.74) is 3.46. The van der Waals surface area contributed by atoms with Crippen LogP contribution in [-0.2, 0) is 12.0 Å². The van der Waals surface area contributed by atoms with Crippen molar-refractivity contribution in [1.29, 1.82) is 0 Å². The zero-order valence-corrected chi connectivity index (χ0v) is 14.5. The smallest absolute Gasteiger partial charge is 0.254 e. The number of aryl methyl sites for hydroxylation is 1. The van der Waals surface area contributed by atoms with Crippen LogP contribution in [-0.4, -0.2) is 10.2 Å². The van der Waals surface area contributed by atoms with Gasteiger partial charge in [0, 0.05) is 5.56 Å². The molecule has 4 nitrogen and oxygen atoms in total. The zero-order valence-electron chi connectivity index (χ0n) is 14.5. The minimum Gasteiger partial charge on any atom is -0.484 e. The number of nitrogens with zero attached hydrogens (tertiary/aromatic N) is 2. The van der Waals surface area contributed by atoms with Gasteiger partial charge in [0.25, 0.3) is 5.89 Å². The van der Waals surface area contributed by atoms with E-state index >= 15 is 0 Å². The molecule has 1 heterocycles. The summed E-state index contributed by atoms with van der Waals surface area (Å²) in [5, 5.41) is 8.17. The Morgan fingerprint density at radius 1 is 0.958 bits per heavy atom. The van der Waals surface area contributed by atoms with Crippen molar-refractivity contribution >= 4 is 0 Å². The molecule has 1 aromatic heterocycles. The third kappa shape index (κ3) is 3.65. The highest BCUT2D eigenvalue weighted by Gasteiger charge is 2.14. The zero-order chi connectivity index (χ0) is 17.2. The van der Waals surface area contributed by atoms with E-state index in [0.29, 0.717) is 11.8 Å². The van der Waals surface area contributed by atoms with E-state index in [4.69, 9.17) is 9.15 Å². The van der Waals surface area contributed by atoms with Gasteiger partial charge in [-0.05, 0) is 41.7 Å². The van der Waals surface area contributed by atoms with E-state index in [1.54, 1.807) is 0 Å². The van der Waals surface area contributed by atoms with Crippen LogP contribution in [0.15, 0.2) is 52.9 Å². The van der Waals surface area contributed by atoms with Crippen molar-refractivity contribution in [3.05, 3.63) is 65.5 Å². The second-order valence-corrected chi connectivity index (χ2v) is 6.88. The van der Waals surface area contributed by atoms with Gasteiger partial charge in [-0.15, -0.1) is 10.2 Å². The molecule has 4 heteroatoms. The van der Waals surface area contributed by atoms with E-state index in [-0.39, 0.29) is 12.0 Å². The van der Waals surface area contributed by atoms with Crippen LogP contribution in [0.3, 0.4) is 0 Å². The Morgan fingerprint density at radius 2 is 1.67 bits per heavy atom. The van der Waals surface area contributed by atoms with Crippen molar-refractivity contribution in [3.8, 4) is 17.2 Å².